The molecule has 1 aliphatic rings. The molecule has 0 fully saturated rings. The molecule has 3 aromatic rings. The van der Waals surface area contributed by atoms with Gasteiger partial charge in [0.1, 0.15) is 12.4 Å². The average Bonchev–Trinajstić information content (AvgIpc) is 3.06. The summed E-state index contributed by atoms with van der Waals surface area (Å²) in [5, 5.41) is 11.7. The van der Waals surface area contributed by atoms with E-state index in [1.165, 1.54) is 12.1 Å². The van der Waals surface area contributed by atoms with Crippen LogP contribution in [0.5, 0.6) is 0 Å². The van der Waals surface area contributed by atoms with Gasteiger partial charge in [-0.1, -0.05) is 64.5 Å². The van der Waals surface area contributed by atoms with E-state index in [1.54, 1.807) is 0 Å². The predicted molar refractivity (Wildman–Crippen MR) is 113 cm³/mol. The monoisotopic (exact) mass is 469 g/mol. The highest BCUT2D eigenvalue weighted by Gasteiger charge is 2.30. The van der Waals surface area contributed by atoms with Gasteiger partial charge in [-0.3, -0.25) is 0 Å². The number of carbonyl (C=O) groups excluding carboxylic acids is 1. The zero-order valence-corrected chi connectivity index (χ0v) is 17.2. The maximum Gasteiger partial charge on any atom is 0.408 e. The Morgan fingerprint density at radius 2 is 1.63 bits per heavy atom. The molecule has 1 amide bonds. The Hall–Kier alpha value is -3.19. The number of halogens is 2. The highest BCUT2D eigenvalue weighted by molar-refractivity contribution is 9.10. The minimum absolute atomic E-state index is 0.0349. The lowest BCUT2D eigenvalue weighted by atomic mass is 9.98. The molecule has 152 valence electrons. The lowest BCUT2D eigenvalue weighted by Crippen LogP contribution is -2.35. The van der Waals surface area contributed by atoms with E-state index in [4.69, 9.17) is 4.74 Å². The number of nitrogens with one attached hydrogen (secondary N) is 1. The number of carboxylic acid groups (broad SMARTS) is 1. The van der Waals surface area contributed by atoms with Gasteiger partial charge in [0, 0.05) is 16.0 Å². The van der Waals surface area contributed by atoms with Crippen LogP contribution in [0.25, 0.3) is 11.1 Å². The van der Waals surface area contributed by atoms with Crippen molar-refractivity contribution in [2.75, 3.05) is 6.61 Å². The molecule has 1 atom stereocenters. The fourth-order valence-electron chi connectivity index (χ4n) is 3.77. The number of amides is 1. The molecule has 2 N–H and O–H groups in total. The van der Waals surface area contributed by atoms with Gasteiger partial charge in [-0.25, -0.2) is 14.0 Å². The summed E-state index contributed by atoms with van der Waals surface area (Å²) in [6, 6.07) is 18.1. The van der Waals surface area contributed by atoms with Crippen molar-refractivity contribution in [1.29, 1.82) is 0 Å². The van der Waals surface area contributed by atoms with Crippen molar-refractivity contribution in [1.82, 2.24) is 5.32 Å². The number of rotatable bonds is 5. The topological polar surface area (TPSA) is 75.6 Å². The van der Waals surface area contributed by atoms with Crippen LogP contribution < -0.4 is 5.32 Å². The quantitative estimate of drug-likeness (QED) is 0.534. The van der Waals surface area contributed by atoms with Gasteiger partial charge >= 0.3 is 12.1 Å². The molecule has 0 saturated carbocycles. The lowest BCUT2D eigenvalue weighted by Gasteiger charge is -2.18. The molecule has 0 spiro atoms. The second kappa shape index (κ2) is 8.28. The first kappa shape index (κ1) is 20.1. The largest absolute Gasteiger partial charge is 0.479 e. The maximum atomic E-state index is 14.1. The van der Waals surface area contributed by atoms with Gasteiger partial charge in [0.2, 0.25) is 0 Å². The summed E-state index contributed by atoms with van der Waals surface area (Å²) in [6.07, 6.45) is -0.927. The SMILES string of the molecule is O=C(NC(C(=O)O)c1cc(Br)ccc1F)OCC1c2ccccc2-c2ccccc21. The van der Waals surface area contributed by atoms with E-state index in [2.05, 4.69) is 21.2 Å². The molecular weight excluding hydrogens is 453 g/mol. The summed E-state index contributed by atoms with van der Waals surface area (Å²) in [5.74, 6) is -2.28. The number of hydrogen-bond acceptors (Lipinski definition) is 3. The molecule has 1 unspecified atom stereocenters. The first-order valence-electron chi connectivity index (χ1n) is 9.25. The Morgan fingerprint density at radius 3 is 2.23 bits per heavy atom. The summed E-state index contributed by atoms with van der Waals surface area (Å²) in [6.45, 7) is 0.0349. The summed E-state index contributed by atoms with van der Waals surface area (Å²) in [4.78, 5) is 24.0. The van der Waals surface area contributed by atoms with Crippen molar-refractivity contribution >= 4 is 28.0 Å². The number of hydrogen-bond donors (Lipinski definition) is 2. The van der Waals surface area contributed by atoms with Crippen molar-refractivity contribution in [2.45, 2.75) is 12.0 Å². The van der Waals surface area contributed by atoms with Crippen LogP contribution in [0.2, 0.25) is 0 Å². The molecule has 0 heterocycles. The summed E-state index contributed by atoms with van der Waals surface area (Å²) in [7, 11) is 0. The van der Waals surface area contributed by atoms with Gasteiger partial charge < -0.3 is 15.2 Å². The van der Waals surface area contributed by atoms with Crippen LogP contribution in [0.3, 0.4) is 0 Å². The number of alkyl carbamates (subject to hydrolysis) is 1. The molecule has 3 aromatic carbocycles. The average molecular weight is 470 g/mol. The molecule has 1 aliphatic carbocycles. The Labute approximate surface area is 180 Å². The number of fused-ring (bicyclic) bond motifs is 3. The summed E-state index contributed by atoms with van der Waals surface area (Å²) < 4.78 is 20.0. The number of ether oxygens (including phenoxy) is 1. The lowest BCUT2D eigenvalue weighted by molar-refractivity contribution is -0.139. The fourth-order valence-corrected chi connectivity index (χ4v) is 4.15. The van der Waals surface area contributed by atoms with Crippen molar-refractivity contribution in [3.63, 3.8) is 0 Å². The van der Waals surface area contributed by atoms with Gasteiger partial charge in [-0.05, 0) is 40.5 Å². The van der Waals surface area contributed by atoms with Gasteiger partial charge in [-0.15, -0.1) is 0 Å². The van der Waals surface area contributed by atoms with Crippen molar-refractivity contribution < 1.29 is 23.8 Å². The predicted octanol–water partition coefficient (Wildman–Crippen LogP) is 5.25. The van der Waals surface area contributed by atoms with E-state index >= 15 is 0 Å². The number of aliphatic carboxylic acids is 1. The molecule has 30 heavy (non-hydrogen) atoms. The molecule has 7 heteroatoms. The van der Waals surface area contributed by atoms with Gasteiger partial charge in [0.25, 0.3) is 0 Å². The zero-order valence-electron chi connectivity index (χ0n) is 15.6. The van der Waals surface area contributed by atoms with Crippen molar-refractivity contribution in [3.05, 3.63) is 93.7 Å². The summed E-state index contributed by atoms with van der Waals surface area (Å²) in [5.41, 5.74) is 4.09. The first-order chi connectivity index (χ1) is 14.5. The molecule has 0 aliphatic heterocycles. The Bertz CT molecular complexity index is 1090. The molecule has 5 nitrogen and oxygen atoms in total. The molecule has 0 radical (unpaired) electrons. The van der Waals surface area contributed by atoms with Crippen LogP contribution in [0.1, 0.15) is 28.7 Å². The first-order valence-corrected chi connectivity index (χ1v) is 10.0. The van der Waals surface area contributed by atoms with E-state index < -0.39 is 23.9 Å². The van der Waals surface area contributed by atoms with Crippen LogP contribution in [0.4, 0.5) is 9.18 Å². The number of benzene rings is 3. The molecule has 0 saturated heterocycles. The Morgan fingerprint density at radius 1 is 1.03 bits per heavy atom. The Balaban J connectivity index is 1.51. The van der Waals surface area contributed by atoms with E-state index in [-0.39, 0.29) is 18.1 Å². The van der Waals surface area contributed by atoms with Crippen LogP contribution >= 0.6 is 15.9 Å². The van der Waals surface area contributed by atoms with Gasteiger partial charge in [0.05, 0.1) is 0 Å². The van der Waals surface area contributed by atoms with Crippen LogP contribution in [-0.4, -0.2) is 23.8 Å². The highest BCUT2D eigenvalue weighted by Crippen LogP contribution is 2.44. The number of carbonyl (C=O) groups is 2. The van der Waals surface area contributed by atoms with Crippen LogP contribution in [0, 0.1) is 5.82 Å². The van der Waals surface area contributed by atoms with Crippen molar-refractivity contribution in [3.8, 4) is 11.1 Å². The minimum Gasteiger partial charge on any atom is -0.479 e. The third-order valence-corrected chi connectivity index (χ3v) is 5.62. The van der Waals surface area contributed by atoms with Crippen LogP contribution in [0.15, 0.2) is 71.2 Å². The third kappa shape index (κ3) is 3.80. The number of carboxylic acids is 1. The van der Waals surface area contributed by atoms with E-state index in [0.717, 1.165) is 28.3 Å². The third-order valence-electron chi connectivity index (χ3n) is 5.12. The normalized spacial score (nSPS) is 13.3. The van der Waals surface area contributed by atoms with Crippen molar-refractivity contribution in [2.24, 2.45) is 0 Å². The second-order valence-corrected chi connectivity index (χ2v) is 7.82. The zero-order chi connectivity index (χ0) is 21.3. The highest BCUT2D eigenvalue weighted by atomic mass is 79.9. The maximum absolute atomic E-state index is 14.1. The van der Waals surface area contributed by atoms with E-state index in [1.807, 2.05) is 48.5 Å². The van der Waals surface area contributed by atoms with Gasteiger partial charge in [0.15, 0.2) is 6.04 Å². The van der Waals surface area contributed by atoms with E-state index in [9.17, 15) is 19.1 Å². The molecule has 0 aromatic heterocycles. The molecule has 4 rings (SSSR count). The van der Waals surface area contributed by atoms with E-state index in [0.29, 0.717) is 4.47 Å². The standard InChI is InChI=1S/C23H17BrFNO4/c24-13-9-10-20(25)18(11-13)21(22(27)28)26-23(29)30-12-19-16-7-3-1-5-14(16)15-6-2-4-8-17(15)19/h1-11,19,21H,12H2,(H,26,29)(H,27,28). The fraction of sp³-hybridized carbons (Fsp3) is 0.130. The smallest absolute Gasteiger partial charge is 0.408 e. The molecular formula is C23H17BrFNO4. The minimum atomic E-state index is -1.57. The van der Waals surface area contributed by atoms with Gasteiger partial charge in [-0.2, -0.15) is 0 Å². The van der Waals surface area contributed by atoms with Crippen LogP contribution in [-0.2, 0) is 9.53 Å². The Kier molecular flexibility index (Phi) is 5.55. The second-order valence-electron chi connectivity index (χ2n) is 6.91. The summed E-state index contributed by atoms with van der Waals surface area (Å²) >= 11 is 3.18. The molecule has 0 bridgehead atoms.